The molecule has 0 aliphatic heterocycles. The van der Waals surface area contributed by atoms with Crippen LogP contribution in [-0.2, 0) is 0 Å². The fourth-order valence-electron chi connectivity index (χ4n) is 2.34. The largest absolute Gasteiger partial charge is 0.126 e. The molecule has 0 amide bonds. The summed E-state index contributed by atoms with van der Waals surface area (Å²) in [6.45, 7) is 9.18. The molecule has 15 heavy (non-hydrogen) atoms. The highest BCUT2D eigenvalue weighted by Gasteiger charge is 2.27. The second-order valence-corrected chi connectivity index (χ2v) is 5.23. The lowest BCUT2D eigenvalue weighted by molar-refractivity contribution is 0.212. The molecule has 0 rings (SSSR count). The second-order valence-electron chi connectivity index (χ2n) is 4.96. The Labute approximate surface area is 102 Å². The van der Waals surface area contributed by atoms with E-state index < -0.39 is 0 Å². The number of hydrogen-bond acceptors (Lipinski definition) is 0. The van der Waals surface area contributed by atoms with E-state index in [1.807, 2.05) is 0 Å². The van der Waals surface area contributed by atoms with Gasteiger partial charge in [-0.25, -0.2) is 0 Å². The quantitative estimate of drug-likeness (QED) is 0.452. The van der Waals surface area contributed by atoms with E-state index in [1.165, 1.54) is 44.9 Å². The van der Waals surface area contributed by atoms with Crippen LogP contribution in [0.5, 0.6) is 0 Å². The number of hydrogen-bond donors (Lipinski definition) is 0. The first-order chi connectivity index (χ1) is 7.17. The molecule has 92 valence electrons. The van der Waals surface area contributed by atoms with Gasteiger partial charge in [0, 0.05) is 5.88 Å². The van der Waals surface area contributed by atoms with Crippen molar-refractivity contribution in [2.24, 2.45) is 11.3 Å². The molecule has 0 spiro atoms. The third kappa shape index (κ3) is 5.24. The van der Waals surface area contributed by atoms with Gasteiger partial charge in [0.05, 0.1) is 0 Å². The van der Waals surface area contributed by atoms with Crippen molar-refractivity contribution in [1.82, 2.24) is 0 Å². The molecule has 0 radical (unpaired) electrons. The van der Waals surface area contributed by atoms with Crippen LogP contribution in [0.3, 0.4) is 0 Å². The normalized spacial score (nSPS) is 14.2. The summed E-state index contributed by atoms with van der Waals surface area (Å²) >= 11 is 6.16. The predicted molar refractivity (Wildman–Crippen MR) is 71.7 cm³/mol. The van der Waals surface area contributed by atoms with Crippen molar-refractivity contribution in [1.29, 1.82) is 0 Å². The van der Waals surface area contributed by atoms with Crippen LogP contribution in [0.15, 0.2) is 0 Å². The number of halogens is 1. The van der Waals surface area contributed by atoms with Crippen LogP contribution in [0.25, 0.3) is 0 Å². The number of rotatable bonds is 9. The van der Waals surface area contributed by atoms with E-state index in [0.29, 0.717) is 5.41 Å². The molecule has 1 atom stereocenters. The lowest BCUT2D eigenvalue weighted by atomic mass is 9.74. The average Bonchev–Trinajstić information content (AvgIpc) is 2.30. The summed E-state index contributed by atoms with van der Waals surface area (Å²) in [7, 11) is 0. The molecule has 1 heteroatoms. The van der Waals surface area contributed by atoms with Gasteiger partial charge in [0.2, 0.25) is 0 Å². The average molecular weight is 233 g/mol. The van der Waals surface area contributed by atoms with Gasteiger partial charge in [0.15, 0.2) is 0 Å². The summed E-state index contributed by atoms with van der Waals surface area (Å²) in [6, 6.07) is 0. The van der Waals surface area contributed by atoms with Crippen molar-refractivity contribution in [2.75, 3.05) is 5.88 Å². The number of alkyl halides is 1. The Morgan fingerprint density at radius 2 is 1.67 bits per heavy atom. The third-order valence-corrected chi connectivity index (χ3v) is 4.62. The molecule has 0 aliphatic rings. The summed E-state index contributed by atoms with van der Waals surface area (Å²) in [5.41, 5.74) is 0.413. The first kappa shape index (κ1) is 15.3. The van der Waals surface area contributed by atoms with E-state index in [-0.39, 0.29) is 0 Å². The Morgan fingerprint density at radius 3 is 2.00 bits per heavy atom. The van der Waals surface area contributed by atoms with Gasteiger partial charge < -0.3 is 0 Å². The van der Waals surface area contributed by atoms with Crippen molar-refractivity contribution in [2.45, 2.75) is 72.6 Å². The Morgan fingerprint density at radius 1 is 1.07 bits per heavy atom. The maximum atomic E-state index is 6.16. The minimum absolute atomic E-state index is 0.413. The van der Waals surface area contributed by atoms with Gasteiger partial charge in [-0.3, -0.25) is 0 Å². The van der Waals surface area contributed by atoms with Gasteiger partial charge in [-0.2, -0.15) is 0 Å². The predicted octanol–water partition coefficient (Wildman–Crippen LogP) is 5.64. The van der Waals surface area contributed by atoms with Crippen LogP contribution < -0.4 is 0 Å². The molecule has 0 bridgehead atoms. The van der Waals surface area contributed by atoms with Crippen molar-refractivity contribution in [3.8, 4) is 0 Å². The van der Waals surface area contributed by atoms with Crippen LogP contribution in [0.1, 0.15) is 72.6 Å². The maximum absolute atomic E-state index is 6.16. The summed E-state index contributed by atoms with van der Waals surface area (Å²) in [5.74, 6) is 1.73. The maximum Gasteiger partial charge on any atom is 0.0279 e. The van der Waals surface area contributed by atoms with E-state index in [0.717, 1.165) is 11.8 Å². The Hall–Kier alpha value is 0.290. The zero-order valence-corrected chi connectivity index (χ0v) is 11.9. The second kappa shape index (κ2) is 8.44. The lowest BCUT2D eigenvalue weighted by Gasteiger charge is -2.33. The Kier molecular flexibility index (Phi) is 8.61. The Bertz CT molecular complexity index is 130. The van der Waals surface area contributed by atoms with Crippen molar-refractivity contribution < 1.29 is 0 Å². The zero-order chi connectivity index (χ0) is 11.7. The van der Waals surface area contributed by atoms with E-state index in [4.69, 9.17) is 11.6 Å². The molecule has 0 fully saturated rings. The molecule has 0 saturated carbocycles. The molecule has 0 nitrogen and oxygen atoms in total. The van der Waals surface area contributed by atoms with E-state index in [2.05, 4.69) is 27.7 Å². The van der Waals surface area contributed by atoms with Gasteiger partial charge in [-0.1, -0.05) is 53.4 Å². The summed E-state index contributed by atoms with van der Waals surface area (Å²) in [5, 5.41) is 0. The van der Waals surface area contributed by atoms with Crippen molar-refractivity contribution in [3.05, 3.63) is 0 Å². The fraction of sp³-hybridized carbons (Fsp3) is 1.00. The standard InChI is InChI=1S/C14H29Cl/c1-5-9-10-13(6-2)11-14(7-3,8-4)12-15/h13H,5-12H2,1-4H3. The van der Waals surface area contributed by atoms with Gasteiger partial charge in [-0.15, -0.1) is 11.6 Å². The highest BCUT2D eigenvalue weighted by molar-refractivity contribution is 6.18. The smallest absolute Gasteiger partial charge is 0.0279 e. The summed E-state index contributed by atoms with van der Waals surface area (Å²) in [4.78, 5) is 0. The molecule has 0 heterocycles. The molecular formula is C14H29Cl. The highest BCUT2D eigenvalue weighted by Crippen LogP contribution is 2.37. The SMILES string of the molecule is CCCCC(CC)CC(CC)(CC)CCl. The molecule has 0 N–H and O–H groups in total. The van der Waals surface area contributed by atoms with Crippen LogP contribution in [0, 0.1) is 11.3 Å². The lowest BCUT2D eigenvalue weighted by Crippen LogP contribution is -2.24. The monoisotopic (exact) mass is 232 g/mol. The molecule has 0 aliphatic carbocycles. The van der Waals surface area contributed by atoms with Crippen LogP contribution in [0.2, 0.25) is 0 Å². The highest BCUT2D eigenvalue weighted by atomic mass is 35.5. The van der Waals surface area contributed by atoms with Gasteiger partial charge in [0.1, 0.15) is 0 Å². The van der Waals surface area contributed by atoms with Crippen LogP contribution in [0.4, 0.5) is 0 Å². The van der Waals surface area contributed by atoms with Crippen LogP contribution in [-0.4, -0.2) is 5.88 Å². The van der Waals surface area contributed by atoms with E-state index in [9.17, 15) is 0 Å². The molecule has 0 aromatic heterocycles. The Balaban J connectivity index is 4.21. The summed E-state index contributed by atoms with van der Waals surface area (Å²) < 4.78 is 0. The first-order valence-electron chi connectivity index (χ1n) is 6.73. The zero-order valence-electron chi connectivity index (χ0n) is 11.1. The first-order valence-corrected chi connectivity index (χ1v) is 7.27. The molecular weight excluding hydrogens is 204 g/mol. The van der Waals surface area contributed by atoms with Crippen LogP contribution >= 0.6 is 11.6 Å². The fourth-order valence-corrected chi connectivity index (χ4v) is 2.82. The van der Waals surface area contributed by atoms with Gasteiger partial charge in [0.25, 0.3) is 0 Å². The minimum atomic E-state index is 0.413. The number of unbranched alkanes of at least 4 members (excludes halogenated alkanes) is 1. The summed E-state index contributed by atoms with van der Waals surface area (Å²) in [6.07, 6.45) is 9.21. The third-order valence-electron chi connectivity index (χ3n) is 4.05. The van der Waals surface area contributed by atoms with Gasteiger partial charge >= 0.3 is 0 Å². The molecule has 0 aromatic rings. The molecule has 1 unspecified atom stereocenters. The molecule has 0 saturated heterocycles. The van der Waals surface area contributed by atoms with Gasteiger partial charge in [-0.05, 0) is 30.6 Å². The topological polar surface area (TPSA) is 0 Å². The molecule has 0 aromatic carbocycles. The van der Waals surface area contributed by atoms with Crippen molar-refractivity contribution >= 4 is 11.6 Å². The van der Waals surface area contributed by atoms with E-state index in [1.54, 1.807) is 0 Å². The van der Waals surface area contributed by atoms with E-state index >= 15 is 0 Å². The van der Waals surface area contributed by atoms with Crippen molar-refractivity contribution in [3.63, 3.8) is 0 Å². The minimum Gasteiger partial charge on any atom is -0.126 e.